The Labute approximate surface area is 309 Å². The molecule has 0 aromatic carbocycles. The van der Waals surface area contributed by atoms with Crippen LogP contribution < -0.4 is 5.73 Å². The Morgan fingerprint density at radius 3 is 1.69 bits per heavy atom. The van der Waals surface area contributed by atoms with Gasteiger partial charge in [0.05, 0.1) is 19.8 Å². The highest BCUT2D eigenvalue weighted by molar-refractivity contribution is 7.47. The monoisotopic (exact) mass is 739 g/mol. The molecule has 0 heterocycles. The van der Waals surface area contributed by atoms with E-state index in [1.807, 2.05) is 0 Å². The lowest BCUT2D eigenvalue weighted by Crippen LogP contribution is -2.34. The van der Waals surface area contributed by atoms with Crippen molar-refractivity contribution in [3.8, 4) is 0 Å². The van der Waals surface area contributed by atoms with E-state index in [0.717, 1.165) is 70.6 Å². The smallest absolute Gasteiger partial charge is 0.472 e. The Morgan fingerprint density at radius 2 is 1.14 bits per heavy atom. The molecule has 3 unspecified atom stereocenters. The zero-order chi connectivity index (χ0) is 37.7. The summed E-state index contributed by atoms with van der Waals surface area (Å²) >= 11 is 0. The molecule has 0 rings (SSSR count). The van der Waals surface area contributed by atoms with Gasteiger partial charge in [0.1, 0.15) is 12.1 Å². The van der Waals surface area contributed by atoms with Crippen molar-refractivity contribution in [3.63, 3.8) is 0 Å². The highest BCUT2D eigenvalue weighted by Gasteiger charge is 2.27. The molecule has 0 bridgehead atoms. The van der Waals surface area contributed by atoms with E-state index in [0.29, 0.717) is 13.0 Å². The molecule has 0 radical (unpaired) electrons. The number of carbonyl (C=O) groups excluding carboxylic acids is 1. The van der Waals surface area contributed by atoms with Crippen molar-refractivity contribution >= 4 is 19.8 Å². The Morgan fingerprint density at radius 1 is 0.647 bits per heavy atom. The molecule has 0 aromatic heterocycles. The molecule has 0 amide bonds. The molecule has 0 fully saturated rings. The average molecular weight is 740 g/mol. The number of hydrogen-bond donors (Lipinski definition) is 3. The third-order valence-electron chi connectivity index (χ3n) is 7.81. The molecule has 0 aliphatic heterocycles. The van der Waals surface area contributed by atoms with Crippen molar-refractivity contribution in [3.05, 3.63) is 60.8 Å². The van der Waals surface area contributed by atoms with Gasteiger partial charge < -0.3 is 25.2 Å². The van der Waals surface area contributed by atoms with E-state index < -0.39 is 45.1 Å². The minimum atomic E-state index is -4.62. The van der Waals surface area contributed by atoms with E-state index in [4.69, 9.17) is 24.8 Å². The van der Waals surface area contributed by atoms with Gasteiger partial charge in [-0.05, 0) is 57.8 Å². The maximum Gasteiger partial charge on any atom is 0.472 e. The molecule has 3 atom stereocenters. The van der Waals surface area contributed by atoms with E-state index in [1.54, 1.807) is 0 Å². The van der Waals surface area contributed by atoms with Crippen molar-refractivity contribution in [2.75, 3.05) is 26.4 Å². The van der Waals surface area contributed by atoms with Gasteiger partial charge in [-0.3, -0.25) is 18.6 Å². The molecule has 4 N–H and O–H groups in total. The lowest BCUT2D eigenvalue weighted by molar-refractivity contribution is -0.154. The number of phosphoric acid groups is 1. The van der Waals surface area contributed by atoms with Crippen LogP contribution in [0.2, 0.25) is 0 Å². The third-order valence-corrected chi connectivity index (χ3v) is 8.76. The van der Waals surface area contributed by atoms with Crippen LogP contribution in [0.25, 0.3) is 0 Å². The Bertz CT molecular complexity index is 1040. The summed E-state index contributed by atoms with van der Waals surface area (Å²) in [4.78, 5) is 33.4. The minimum absolute atomic E-state index is 0.00187. The van der Waals surface area contributed by atoms with Crippen LogP contribution >= 0.6 is 7.82 Å². The second-order valence-corrected chi connectivity index (χ2v) is 14.1. The number of allylic oxidation sites excluding steroid dienone is 10. The Hall–Kier alpha value is -2.33. The number of unbranched alkanes of at least 4 members (excludes halogenated alkanes) is 12. The van der Waals surface area contributed by atoms with Gasteiger partial charge in [-0.15, -0.1) is 0 Å². The lowest BCUT2D eigenvalue weighted by Gasteiger charge is -2.20. The second-order valence-electron chi connectivity index (χ2n) is 12.7. The minimum Gasteiger partial charge on any atom is -0.480 e. The van der Waals surface area contributed by atoms with Gasteiger partial charge in [0, 0.05) is 13.0 Å². The summed E-state index contributed by atoms with van der Waals surface area (Å²) in [5.74, 6) is -1.82. The first-order valence-electron chi connectivity index (χ1n) is 19.3. The second kappa shape index (κ2) is 36.0. The maximum absolute atomic E-state index is 12.6. The fourth-order valence-electron chi connectivity index (χ4n) is 4.80. The zero-order valence-corrected chi connectivity index (χ0v) is 32.6. The molecule has 0 aliphatic rings. The number of esters is 1. The van der Waals surface area contributed by atoms with Gasteiger partial charge in [-0.25, -0.2) is 4.57 Å². The van der Waals surface area contributed by atoms with Crippen LogP contribution in [0, 0.1) is 0 Å². The highest BCUT2D eigenvalue weighted by Crippen LogP contribution is 2.43. The predicted octanol–water partition coefficient (Wildman–Crippen LogP) is 10.1. The summed E-state index contributed by atoms with van der Waals surface area (Å²) in [6, 6.07) is -1.48. The summed E-state index contributed by atoms with van der Waals surface area (Å²) in [5.41, 5.74) is 5.33. The first-order chi connectivity index (χ1) is 24.7. The topological polar surface area (TPSA) is 155 Å². The number of aliphatic carboxylic acids is 1. The number of carboxylic acid groups (broad SMARTS) is 1. The summed E-state index contributed by atoms with van der Waals surface area (Å²) in [7, 11) is -4.62. The quantitative estimate of drug-likeness (QED) is 0.0245. The van der Waals surface area contributed by atoms with Crippen LogP contribution in [0.3, 0.4) is 0 Å². The largest absolute Gasteiger partial charge is 0.480 e. The van der Waals surface area contributed by atoms with Gasteiger partial charge in [0.15, 0.2) is 0 Å². The fraction of sp³-hybridized carbons (Fsp3) is 0.700. The number of phosphoric ester groups is 1. The normalized spacial score (nSPS) is 14.7. The van der Waals surface area contributed by atoms with Crippen LogP contribution in [-0.4, -0.2) is 60.5 Å². The van der Waals surface area contributed by atoms with Gasteiger partial charge >= 0.3 is 19.8 Å². The molecular weight excluding hydrogens is 669 g/mol. The molecule has 10 nitrogen and oxygen atoms in total. The molecule has 0 spiro atoms. The number of carbonyl (C=O) groups is 2. The first kappa shape index (κ1) is 48.7. The van der Waals surface area contributed by atoms with Crippen molar-refractivity contribution < 1.29 is 42.7 Å². The van der Waals surface area contributed by atoms with Crippen molar-refractivity contribution in [2.45, 2.75) is 154 Å². The summed E-state index contributed by atoms with van der Waals surface area (Å²) < 4.78 is 33.1. The number of nitrogens with two attached hydrogens (primary N) is 1. The summed E-state index contributed by atoms with van der Waals surface area (Å²) in [6.45, 7) is 3.69. The molecule has 294 valence electrons. The van der Waals surface area contributed by atoms with Gasteiger partial charge in [-0.1, -0.05) is 139 Å². The first-order valence-corrected chi connectivity index (χ1v) is 20.8. The van der Waals surface area contributed by atoms with Gasteiger partial charge in [0.25, 0.3) is 0 Å². The van der Waals surface area contributed by atoms with E-state index in [-0.39, 0.29) is 13.0 Å². The molecule has 0 aromatic rings. The lowest BCUT2D eigenvalue weighted by atomic mass is 10.1. The standard InChI is InChI=1S/C40H70NO9P/c1-3-5-7-9-11-13-15-16-17-18-19-20-21-22-23-24-26-28-30-32-39(42)50-37(35-48-51(45,46)49-36-38(41)40(43)44)34-47-33-31-29-27-25-14-12-10-8-6-4-2/h5,7,11,13,16-17,19-20,22-23,37-38H,3-4,6,8-10,12,14-15,18,21,24-36,41H2,1-2H3,(H,43,44)(H,45,46)/b7-5-,13-11-,17-16-,20-19-,23-22-. The molecule has 0 saturated heterocycles. The average Bonchev–Trinajstić information content (AvgIpc) is 3.10. The zero-order valence-electron chi connectivity index (χ0n) is 31.7. The van der Waals surface area contributed by atoms with E-state index in [1.165, 1.54) is 44.9 Å². The van der Waals surface area contributed by atoms with Crippen LogP contribution in [0.1, 0.15) is 142 Å². The number of ether oxygens (including phenoxy) is 2. The van der Waals surface area contributed by atoms with Crippen LogP contribution in [0.5, 0.6) is 0 Å². The fourth-order valence-corrected chi connectivity index (χ4v) is 5.58. The number of hydrogen-bond acceptors (Lipinski definition) is 8. The van der Waals surface area contributed by atoms with Crippen molar-refractivity contribution in [1.82, 2.24) is 0 Å². The molecule has 0 aliphatic carbocycles. The molecule has 51 heavy (non-hydrogen) atoms. The van der Waals surface area contributed by atoms with Gasteiger partial charge in [-0.2, -0.15) is 0 Å². The Balaban J connectivity index is 4.36. The van der Waals surface area contributed by atoms with E-state index in [2.05, 4.69) is 79.1 Å². The van der Waals surface area contributed by atoms with Crippen molar-refractivity contribution in [2.24, 2.45) is 5.73 Å². The predicted molar refractivity (Wildman–Crippen MR) is 207 cm³/mol. The van der Waals surface area contributed by atoms with E-state index >= 15 is 0 Å². The molecule has 11 heteroatoms. The van der Waals surface area contributed by atoms with Crippen LogP contribution in [-0.2, 0) is 32.7 Å². The van der Waals surface area contributed by atoms with Crippen LogP contribution in [0.15, 0.2) is 60.8 Å². The Kier molecular flexibility index (Phi) is 34.4. The van der Waals surface area contributed by atoms with E-state index in [9.17, 15) is 19.0 Å². The molecule has 0 saturated carbocycles. The third kappa shape index (κ3) is 35.8. The van der Waals surface area contributed by atoms with Crippen LogP contribution in [0.4, 0.5) is 0 Å². The highest BCUT2D eigenvalue weighted by atomic mass is 31.2. The summed E-state index contributed by atoms with van der Waals surface area (Å²) in [5, 5.41) is 8.86. The van der Waals surface area contributed by atoms with Crippen molar-refractivity contribution in [1.29, 1.82) is 0 Å². The van der Waals surface area contributed by atoms with Gasteiger partial charge in [0.2, 0.25) is 0 Å². The summed E-state index contributed by atoms with van der Waals surface area (Å²) in [6.07, 6.45) is 41.3. The SMILES string of the molecule is CC/C=C\C/C=C\C/C=C\C/C=C\C/C=C\CCCCCC(=O)OC(COCCCCCCCCCCCC)COP(=O)(O)OCC(N)C(=O)O. The number of rotatable bonds is 36. The maximum atomic E-state index is 12.6. The number of carboxylic acids is 1. The molecular formula is C40H70NO9P.